The van der Waals surface area contributed by atoms with Crippen LogP contribution in [0.15, 0.2) is 52.5 Å². The molecule has 1 heterocycles. The zero-order chi connectivity index (χ0) is 18.8. The Labute approximate surface area is 158 Å². The highest BCUT2D eigenvalue weighted by molar-refractivity contribution is 9.10. The lowest BCUT2D eigenvalue weighted by Crippen LogP contribution is -2.54. The average Bonchev–Trinajstić information content (AvgIpc) is 2.60. The summed E-state index contributed by atoms with van der Waals surface area (Å²) in [7, 11) is 1.54. The van der Waals surface area contributed by atoms with Gasteiger partial charge in [-0.3, -0.25) is 14.9 Å². The maximum Gasteiger partial charge on any atom is 0.335 e. The van der Waals surface area contributed by atoms with Crippen LogP contribution in [0.4, 0.5) is 10.5 Å². The van der Waals surface area contributed by atoms with Gasteiger partial charge in [0.15, 0.2) is 0 Å². The number of methoxy groups -OCH3 is 1. The molecule has 0 atom stereocenters. The second-order valence-electron chi connectivity index (χ2n) is 5.69. The number of carbonyl (C=O) groups excluding carboxylic acids is 3. The Bertz CT molecular complexity index is 935. The van der Waals surface area contributed by atoms with Crippen molar-refractivity contribution in [2.75, 3.05) is 12.0 Å². The van der Waals surface area contributed by atoms with Gasteiger partial charge in [0.05, 0.1) is 17.3 Å². The fraction of sp³-hybridized carbons (Fsp3) is 0.105. The molecule has 2 aromatic carbocycles. The van der Waals surface area contributed by atoms with Crippen molar-refractivity contribution < 1.29 is 19.1 Å². The summed E-state index contributed by atoms with van der Waals surface area (Å²) in [5.74, 6) is -0.770. The number of barbiturate groups is 1. The first-order chi connectivity index (χ1) is 12.4. The molecule has 0 bridgehead atoms. The standard InChI is InChI=1S/C19H15BrN2O4/c1-11-3-6-13(7-4-11)22-18(24)14(17(23)21-19(22)25)9-12-5-8-16(26-2)15(20)10-12/h3-10H,1-2H3,(H,21,23,25)/b14-9+. The van der Waals surface area contributed by atoms with E-state index in [-0.39, 0.29) is 5.57 Å². The molecule has 1 aliphatic rings. The van der Waals surface area contributed by atoms with Crippen LogP contribution in [0.1, 0.15) is 11.1 Å². The largest absolute Gasteiger partial charge is 0.496 e. The maximum atomic E-state index is 12.8. The molecule has 1 N–H and O–H groups in total. The molecule has 0 aliphatic carbocycles. The smallest absolute Gasteiger partial charge is 0.335 e. The van der Waals surface area contributed by atoms with E-state index in [1.54, 1.807) is 49.6 Å². The summed E-state index contributed by atoms with van der Waals surface area (Å²) in [6, 6.07) is 11.3. The third-order valence-electron chi connectivity index (χ3n) is 3.88. The van der Waals surface area contributed by atoms with Gasteiger partial charge in [-0.15, -0.1) is 0 Å². The van der Waals surface area contributed by atoms with Gasteiger partial charge >= 0.3 is 6.03 Å². The highest BCUT2D eigenvalue weighted by Gasteiger charge is 2.36. The van der Waals surface area contributed by atoms with Crippen molar-refractivity contribution in [3.63, 3.8) is 0 Å². The first kappa shape index (κ1) is 17.9. The number of benzene rings is 2. The molecule has 0 unspecified atom stereocenters. The highest BCUT2D eigenvalue weighted by atomic mass is 79.9. The number of anilines is 1. The minimum absolute atomic E-state index is 0.123. The molecule has 7 heteroatoms. The van der Waals surface area contributed by atoms with E-state index in [2.05, 4.69) is 21.2 Å². The number of carbonyl (C=O) groups is 3. The minimum atomic E-state index is -0.767. The Morgan fingerprint density at radius 3 is 2.38 bits per heavy atom. The molecule has 26 heavy (non-hydrogen) atoms. The number of urea groups is 1. The van der Waals surface area contributed by atoms with Crippen molar-refractivity contribution in [2.45, 2.75) is 6.92 Å². The summed E-state index contributed by atoms with van der Waals surface area (Å²) in [4.78, 5) is 38.1. The summed E-state index contributed by atoms with van der Waals surface area (Å²) < 4.78 is 5.85. The van der Waals surface area contributed by atoms with Gasteiger partial charge in [0, 0.05) is 0 Å². The maximum absolute atomic E-state index is 12.8. The van der Waals surface area contributed by atoms with Crippen LogP contribution in [0.5, 0.6) is 5.75 Å². The molecular weight excluding hydrogens is 400 g/mol. The molecule has 132 valence electrons. The van der Waals surface area contributed by atoms with E-state index in [0.29, 0.717) is 21.5 Å². The van der Waals surface area contributed by atoms with Crippen molar-refractivity contribution in [1.82, 2.24) is 5.32 Å². The van der Waals surface area contributed by atoms with Crippen LogP contribution in [0.2, 0.25) is 0 Å². The monoisotopic (exact) mass is 414 g/mol. The van der Waals surface area contributed by atoms with Gasteiger partial charge in [-0.2, -0.15) is 0 Å². The Morgan fingerprint density at radius 1 is 1.08 bits per heavy atom. The normalized spacial score (nSPS) is 16.0. The minimum Gasteiger partial charge on any atom is -0.496 e. The first-order valence-electron chi connectivity index (χ1n) is 7.72. The first-order valence-corrected chi connectivity index (χ1v) is 8.51. The molecule has 1 saturated heterocycles. The quantitative estimate of drug-likeness (QED) is 0.616. The van der Waals surface area contributed by atoms with Gasteiger partial charge in [-0.1, -0.05) is 23.8 Å². The second-order valence-corrected chi connectivity index (χ2v) is 6.54. The van der Waals surface area contributed by atoms with Crippen LogP contribution in [0.25, 0.3) is 6.08 Å². The fourth-order valence-corrected chi connectivity index (χ4v) is 3.08. The van der Waals surface area contributed by atoms with E-state index >= 15 is 0 Å². The molecule has 6 nitrogen and oxygen atoms in total. The number of halogens is 1. The third kappa shape index (κ3) is 3.39. The molecule has 2 aromatic rings. The summed E-state index contributed by atoms with van der Waals surface area (Å²) in [5.41, 5.74) is 1.89. The van der Waals surface area contributed by atoms with Crippen molar-refractivity contribution in [1.29, 1.82) is 0 Å². The lowest BCUT2D eigenvalue weighted by atomic mass is 10.1. The fourth-order valence-electron chi connectivity index (χ4n) is 2.52. The Hall–Kier alpha value is -2.93. The SMILES string of the molecule is COc1ccc(/C=C2\C(=O)NC(=O)N(c3ccc(C)cc3)C2=O)cc1Br. The van der Waals surface area contributed by atoms with E-state index in [1.165, 1.54) is 6.08 Å². The summed E-state index contributed by atoms with van der Waals surface area (Å²) in [5, 5.41) is 2.20. The molecule has 0 aromatic heterocycles. The molecule has 4 amide bonds. The number of ether oxygens (including phenoxy) is 1. The van der Waals surface area contributed by atoms with Crippen LogP contribution in [-0.4, -0.2) is 25.0 Å². The molecule has 0 saturated carbocycles. The van der Waals surface area contributed by atoms with Crippen LogP contribution in [-0.2, 0) is 9.59 Å². The topological polar surface area (TPSA) is 75.7 Å². The van der Waals surface area contributed by atoms with Gasteiger partial charge in [0.2, 0.25) is 0 Å². The third-order valence-corrected chi connectivity index (χ3v) is 4.50. The summed E-state index contributed by atoms with van der Waals surface area (Å²) in [6.45, 7) is 1.90. The van der Waals surface area contributed by atoms with E-state index in [9.17, 15) is 14.4 Å². The summed E-state index contributed by atoms with van der Waals surface area (Å²) in [6.07, 6.45) is 1.44. The number of amides is 4. The van der Waals surface area contributed by atoms with Gasteiger partial charge in [-0.05, 0) is 58.8 Å². The number of hydrogen-bond acceptors (Lipinski definition) is 4. The van der Waals surface area contributed by atoms with Gasteiger partial charge in [0.25, 0.3) is 11.8 Å². The van der Waals surface area contributed by atoms with E-state index in [4.69, 9.17) is 4.74 Å². The molecule has 0 radical (unpaired) electrons. The lowest BCUT2D eigenvalue weighted by molar-refractivity contribution is -0.122. The molecule has 3 rings (SSSR count). The number of rotatable bonds is 3. The molecule has 0 spiro atoms. The zero-order valence-corrected chi connectivity index (χ0v) is 15.7. The van der Waals surface area contributed by atoms with Crippen molar-refractivity contribution in [3.05, 3.63) is 63.6 Å². The van der Waals surface area contributed by atoms with Gasteiger partial charge in [-0.25, -0.2) is 9.69 Å². The average molecular weight is 415 g/mol. The molecular formula is C19H15BrN2O4. The second kappa shape index (κ2) is 7.13. The van der Waals surface area contributed by atoms with E-state index in [1.807, 2.05) is 6.92 Å². The molecule has 1 fully saturated rings. The van der Waals surface area contributed by atoms with Crippen molar-refractivity contribution in [2.24, 2.45) is 0 Å². The van der Waals surface area contributed by atoms with Crippen molar-refractivity contribution in [3.8, 4) is 5.75 Å². The number of imide groups is 2. The summed E-state index contributed by atoms with van der Waals surface area (Å²) >= 11 is 3.36. The number of nitrogens with one attached hydrogen (secondary N) is 1. The van der Waals surface area contributed by atoms with Crippen LogP contribution in [0.3, 0.4) is 0 Å². The van der Waals surface area contributed by atoms with Gasteiger partial charge < -0.3 is 4.74 Å². The van der Waals surface area contributed by atoms with E-state index in [0.717, 1.165) is 10.5 Å². The van der Waals surface area contributed by atoms with E-state index < -0.39 is 17.8 Å². The zero-order valence-electron chi connectivity index (χ0n) is 14.1. The molecule has 1 aliphatic heterocycles. The number of aryl methyl sites for hydroxylation is 1. The van der Waals surface area contributed by atoms with Gasteiger partial charge in [0.1, 0.15) is 11.3 Å². The Morgan fingerprint density at radius 2 is 1.77 bits per heavy atom. The Balaban J connectivity index is 1.99. The number of hydrogen-bond donors (Lipinski definition) is 1. The van der Waals surface area contributed by atoms with Crippen molar-refractivity contribution >= 4 is 45.5 Å². The van der Waals surface area contributed by atoms with Crippen LogP contribution in [0, 0.1) is 6.92 Å². The van der Waals surface area contributed by atoms with Crippen LogP contribution < -0.4 is 15.0 Å². The number of nitrogens with zero attached hydrogens (tertiary/aromatic N) is 1. The highest BCUT2D eigenvalue weighted by Crippen LogP contribution is 2.27. The van der Waals surface area contributed by atoms with Crippen LogP contribution >= 0.6 is 15.9 Å². The predicted molar refractivity (Wildman–Crippen MR) is 101 cm³/mol. The predicted octanol–water partition coefficient (Wildman–Crippen LogP) is 3.43. The lowest BCUT2D eigenvalue weighted by Gasteiger charge is -2.26. The Kier molecular flexibility index (Phi) is 4.90.